The maximum Gasteiger partial charge on any atom is 0.230 e. The summed E-state index contributed by atoms with van der Waals surface area (Å²) in [4.78, 5) is 24.6. The third-order valence-corrected chi connectivity index (χ3v) is 6.16. The third kappa shape index (κ3) is 3.77. The van der Waals surface area contributed by atoms with Crippen LogP contribution < -0.4 is 0 Å². The van der Waals surface area contributed by atoms with Crippen molar-refractivity contribution in [3.63, 3.8) is 0 Å². The molecule has 0 bridgehead atoms. The Morgan fingerprint density at radius 3 is 2.69 bits per heavy atom. The van der Waals surface area contributed by atoms with Crippen LogP contribution in [0.5, 0.6) is 0 Å². The van der Waals surface area contributed by atoms with E-state index in [4.69, 9.17) is 4.74 Å². The van der Waals surface area contributed by atoms with Crippen LogP contribution in [0.4, 0.5) is 0 Å². The van der Waals surface area contributed by atoms with Crippen molar-refractivity contribution in [3.05, 3.63) is 29.6 Å². The van der Waals surface area contributed by atoms with Crippen molar-refractivity contribution in [3.8, 4) is 0 Å². The Morgan fingerprint density at radius 2 is 1.88 bits per heavy atom. The lowest BCUT2D eigenvalue weighted by atomic mass is 9.85. The Bertz CT molecular complexity index is 646. The smallest absolute Gasteiger partial charge is 0.230 e. The maximum atomic E-state index is 13.1. The molecule has 1 aromatic heterocycles. The number of ether oxygens (including phenoxy) is 1. The summed E-state index contributed by atoms with van der Waals surface area (Å²) >= 11 is 0. The highest BCUT2D eigenvalue weighted by Crippen LogP contribution is 2.40. The van der Waals surface area contributed by atoms with E-state index in [0.29, 0.717) is 5.91 Å². The van der Waals surface area contributed by atoms with Gasteiger partial charge in [-0.25, -0.2) is 0 Å². The zero-order valence-electron chi connectivity index (χ0n) is 15.8. The fourth-order valence-corrected chi connectivity index (χ4v) is 4.58. The zero-order valence-corrected chi connectivity index (χ0v) is 15.8. The topological polar surface area (TPSA) is 48.9 Å². The molecular formula is C20H30N4O2. The summed E-state index contributed by atoms with van der Waals surface area (Å²) < 4.78 is 5.40. The summed E-state index contributed by atoms with van der Waals surface area (Å²) in [6.07, 6.45) is 2.00. The number of morpholine rings is 1. The number of nitrogens with zero attached hydrogens (tertiary/aromatic N) is 4. The molecule has 0 saturated carbocycles. The first-order valence-electron chi connectivity index (χ1n) is 9.89. The van der Waals surface area contributed by atoms with Crippen molar-refractivity contribution in [2.75, 3.05) is 59.0 Å². The van der Waals surface area contributed by atoms with E-state index < -0.39 is 0 Å². The molecule has 0 aromatic carbocycles. The van der Waals surface area contributed by atoms with Crippen LogP contribution >= 0.6 is 0 Å². The summed E-state index contributed by atoms with van der Waals surface area (Å²) in [5.41, 5.74) is 2.02. The Balaban J connectivity index is 1.31. The van der Waals surface area contributed by atoms with Crippen molar-refractivity contribution in [2.45, 2.75) is 26.3 Å². The van der Waals surface area contributed by atoms with Gasteiger partial charge in [-0.3, -0.25) is 19.6 Å². The van der Waals surface area contributed by atoms with Crippen molar-refractivity contribution in [1.29, 1.82) is 0 Å². The summed E-state index contributed by atoms with van der Waals surface area (Å²) in [7, 11) is 0. The highest BCUT2D eigenvalue weighted by atomic mass is 16.5. The zero-order chi connectivity index (χ0) is 18.0. The number of likely N-dealkylation sites (tertiary alicyclic amines) is 2. The Labute approximate surface area is 156 Å². The van der Waals surface area contributed by atoms with E-state index in [1.54, 1.807) is 0 Å². The van der Waals surface area contributed by atoms with Gasteiger partial charge in [-0.15, -0.1) is 0 Å². The molecule has 3 aliphatic heterocycles. The second-order valence-corrected chi connectivity index (χ2v) is 8.01. The molecule has 4 heterocycles. The average molecular weight is 358 g/mol. The van der Waals surface area contributed by atoms with Gasteiger partial charge in [0.2, 0.25) is 5.91 Å². The second-order valence-electron chi connectivity index (χ2n) is 8.01. The number of carbonyl (C=O) groups is 1. The van der Waals surface area contributed by atoms with Crippen molar-refractivity contribution < 1.29 is 9.53 Å². The first-order valence-corrected chi connectivity index (χ1v) is 9.89. The Morgan fingerprint density at radius 1 is 1.08 bits per heavy atom. The molecule has 1 aromatic rings. The van der Waals surface area contributed by atoms with Gasteiger partial charge in [0.25, 0.3) is 0 Å². The standard InChI is InChI=1S/C20H30N4O2/c1-17-3-2-4-18(21-17)15-23-7-5-20(16-23)6-8-24(19(20)25)10-9-22-11-13-26-14-12-22/h2-4H,5-16H2,1H3. The molecule has 3 fully saturated rings. The Hall–Kier alpha value is -1.50. The van der Waals surface area contributed by atoms with Gasteiger partial charge in [-0.2, -0.15) is 0 Å². The molecule has 1 amide bonds. The number of pyridine rings is 1. The molecular weight excluding hydrogens is 328 g/mol. The summed E-state index contributed by atoms with van der Waals surface area (Å²) in [5, 5.41) is 0. The summed E-state index contributed by atoms with van der Waals surface area (Å²) in [6.45, 7) is 11.1. The van der Waals surface area contributed by atoms with E-state index in [9.17, 15) is 4.79 Å². The van der Waals surface area contributed by atoms with Gasteiger partial charge in [0.15, 0.2) is 0 Å². The van der Waals surface area contributed by atoms with Crippen LogP contribution in [0.2, 0.25) is 0 Å². The molecule has 6 nitrogen and oxygen atoms in total. The fourth-order valence-electron chi connectivity index (χ4n) is 4.58. The van der Waals surface area contributed by atoms with E-state index in [0.717, 1.165) is 89.8 Å². The lowest BCUT2D eigenvalue weighted by molar-refractivity contribution is -0.135. The summed E-state index contributed by atoms with van der Waals surface area (Å²) in [5.74, 6) is 0.380. The first-order chi connectivity index (χ1) is 12.6. The van der Waals surface area contributed by atoms with Gasteiger partial charge in [0.05, 0.1) is 24.3 Å². The average Bonchev–Trinajstić information content (AvgIpc) is 3.19. The highest BCUT2D eigenvalue weighted by molar-refractivity contribution is 5.85. The molecule has 0 radical (unpaired) electrons. The second kappa shape index (κ2) is 7.62. The van der Waals surface area contributed by atoms with Crippen LogP contribution in [0.1, 0.15) is 24.2 Å². The summed E-state index contributed by atoms with van der Waals surface area (Å²) in [6, 6.07) is 6.18. The monoisotopic (exact) mass is 358 g/mol. The van der Waals surface area contributed by atoms with Gasteiger partial charge in [0.1, 0.15) is 0 Å². The van der Waals surface area contributed by atoms with Gasteiger partial charge in [-0.1, -0.05) is 6.07 Å². The van der Waals surface area contributed by atoms with Crippen molar-refractivity contribution >= 4 is 5.91 Å². The van der Waals surface area contributed by atoms with Crippen LogP contribution in [-0.4, -0.2) is 84.6 Å². The molecule has 3 aliphatic rings. The van der Waals surface area contributed by atoms with Crippen LogP contribution in [0.15, 0.2) is 18.2 Å². The lowest BCUT2D eigenvalue weighted by Crippen LogP contribution is -2.43. The molecule has 26 heavy (non-hydrogen) atoms. The first kappa shape index (κ1) is 17.9. The van der Waals surface area contributed by atoms with Crippen LogP contribution in [0.3, 0.4) is 0 Å². The van der Waals surface area contributed by atoms with Gasteiger partial charge in [0, 0.05) is 51.5 Å². The lowest BCUT2D eigenvalue weighted by Gasteiger charge is -2.29. The van der Waals surface area contributed by atoms with E-state index in [-0.39, 0.29) is 5.41 Å². The molecule has 1 atom stereocenters. The number of hydrogen-bond donors (Lipinski definition) is 0. The molecule has 1 spiro atoms. The number of amides is 1. The third-order valence-electron chi connectivity index (χ3n) is 6.16. The molecule has 142 valence electrons. The van der Waals surface area contributed by atoms with Crippen LogP contribution in [-0.2, 0) is 16.1 Å². The molecule has 3 saturated heterocycles. The van der Waals surface area contributed by atoms with Crippen LogP contribution in [0, 0.1) is 12.3 Å². The number of hydrogen-bond acceptors (Lipinski definition) is 5. The normalized spacial score (nSPS) is 27.7. The maximum absolute atomic E-state index is 13.1. The predicted octanol–water partition coefficient (Wildman–Crippen LogP) is 1.15. The molecule has 4 rings (SSSR count). The minimum atomic E-state index is -0.144. The minimum absolute atomic E-state index is 0.144. The fraction of sp³-hybridized carbons (Fsp3) is 0.700. The van der Waals surface area contributed by atoms with Crippen molar-refractivity contribution in [2.24, 2.45) is 5.41 Å². The SMILES string of the molecule is Cc1cccc(CN2CCC3(CCN(CCN4CCOCC4)C3=O)C2)n1. The molecule has 0 aliphatic carbocycles. The number of aromatic nitrogens is 1. The van der Waals surface area contributed by atoms with Gasteiger partial charge < -0.3 is 9.64 Å². The number of rotatable bonds is 5. The minimum Gasteiger partial charge on any atom is -0.379 e. The van der Waals surface area contributed by atoms with Gasteiger partial charge in [-0.05, 0) is 38.4 Å². The quantitative estimate of drug-likeness (QED) is 0.790. The van der Waals surface area contributed by atoms with Crippen molar-refractivity contribution in [1.82, 2.24) is 19.7 Å². The highest BCUT2D eigenvalue weighted by Gasteiger charge is 2.50. The van der Waals surface area contributed by atoms with E-state index in [1.807, 2.05) is 13.0 Å². The van der Waals surface area contributed by atoms with Crippen LogP contribution in [0.25, 0.3) is 0 Å². The number of aryl methyl sites for hydroxylation is 1. The van der Waals surface area contributed by atoms with E-state index >= 15 is 0 Å². The molecule has 6 heteroatoms. The molecule has 1 unspecified atom stereocenters. The van der Waals surface area contributed by atoms with Gasteiger partial charge >= 0.3 is 0 Å². The van der Waals surface area contributed by atoms with E-state index in [2.05, 4.69) is 31.8 Å². The predicted molar refractivity (Wildman–Crippen MR) is 99.8 cm³/mol. The Kier molecular flexibility index (Phi) is 5.25. The number of carbonyl (C=O) groups excluding carboxylic acids is 1. The molecule has 0 N–H and O–H groups in total. The van der Waals surface area contributed by atoms with E-state index in [1.165, 1.54) is 0 Å². The largest absolute Gasteiger partial charge is 0.379 e.